The van der Waals surface area contributed by atoms with E-state index in [1.165, 1.54) is 14.2 Å². The first-order chi connectivity index (χ1) is 16.4. The lowest BCUT2D eigenvalue weighted by atomic mass is 9.98. The second-order valence-electron chi connectivity index (χ2n) is 8.03. The minimum absolute atomic E-state index is 0.0585. The number of hydrogen-bond acceptors (Lipinski definition) is 6. The van der Waals surface area contributed by atoms with Crippen molar-refractivity contribution in [2.24, 2.45) is 0 Å². The van der Waals surface area contributed by atoms with Gasteiger partial charge in [0.15, 0.2) is 6.10 Å². The molecular formula is C25H30N2O7. The van der Waals surface area contributed by atoms with Crippen molar-refractivity contribution < 1.29 is 33.7 Å². The van der Waals surface area contributed by atoms with Crippen LogP contribution < -0.4 is 10.6 Å². The number of rotatable bonds is 11. The zero-order valence-corrected chi connectivity index (χ0v) is 19.4. The van der Waals surface area contributed by atoms with Crippen molar-refractivity contribution >= 4 is 18.0 Å². The van der Waals surface area contributed by atoms with E-state index < -0.39 is 36.2 Å². The number of benzene rings is 2. The number of hydrogen-bond donors (Lipinski definition) is 3. The average Bonchev–Trinajstić information content (AvgIpc) is 3.16. The summed E-state index contributed by atoms with van der Waals surface area (Å²) in [6.45, 7) is 1.82. The highest BCUT2D eigenvalue weighted by atomic mass is 16.5. The van der Waals surface area contributed by atoms with E-state index in [2.05, 4.69) is 10.6 Å². The molecular weight excluding hydrogens is 440 g/mol. The number of carboxylic acid groups (broad SMARTS) is 1. The van der Waals surface area contributed by atoms with Crippen LogP contribution in [0.15, 0.2) is 48.5 Å². The second kappa shape index (κ2) is 11.6. The maximum atomic E-state index is 12.7. The summed E-state index contributed by atoms with van der Waals surface area (Å²) in [5.74, 6) is -1.73. The van der Waals surface area contributed by atoms with Gasteiger partial charge in [-0.1, -0.05) is 48.5 Å². The lowest BCUT2D eigenvalue weighted by Crippen LogP contribution is -2.53. The van der Waals surface area contributed by atoms with Crippen molar-refractivity contribution in [2.45, 2.75) is 37.5 Å². The van der Waals surface area contributed by atoms with Gasteiger partial charge in [0, 0.05) is 33.1 Å². The Bertz CT molecular complexity index is 980. The molecule has 2 aromatic carbocycles. The van der Waals surface area contributed by atoms with Crippen LogP contribution in [0.3, 0.4) is 0 Å². The van der Waals surface area contributed by atoms with Crippen molar-refractivity contribution in [3.05, 3.63) is 59.7 Å². The van der Waals surface area contributed by atoms with Gasteiger partial charge < -0.3 is 30.0 Å². The fraction of sp³-hybridized carbons (Fsp3) is 0.400. The van der Waals surface area contributed by atoms with Gasteiger partial charge in [-0.2, -0.15) is 0 Å². The summed E-state index contributed by atoms with van der Waals surface area (Å²) in [5, 5.41) is 14.2. The highest BCUT2D eigenvalue weighted by Gasteiger charge is 2.31. The van der Waals surface area contributed by atoms with E-state index in [0.717, 1.165) is 22.3 Å². The number of nitrogens with one attached hydrogen (secondary N) is 2. The van der Waals surface area contributed by atoms with Gasteiger partial charge in [0.2, 0.25) is 5.91 Å². The molecule has 2 amide bonds. The lowest BCUT2D eigenvalue weighted by Gasteiger charge is -2.24. The molecule has 0 spiro atoms. The minimum Gasteiger partial charge on any atom is -0.479 e. The summed E-state index contributed by atoms with van der Waals surface area (Å²) < 4.78 is 15.6. The van der Waals surface area contributed by atoms with Gasteiger partial charge in [0.25, 0.3) is 0 Å². The highest BCUT2D eigenvalue weighted by molar-refractivity contribution is 5.86. The van der Waals surface area contributed by atoms with Gasteiger partial charge >= 0.3 is 12.1 Å². The van der Waals surface area contributed by atoms with Crippen LogP contribution in [-0.2, 0) is 23.8 Å². The van der Waals surface area contributed by atoms with Gasteiger partial charge in [-0.15, -0.1) is 0 Å². The lowest BCUT2D eigenvalue weighted by molar-refractivity contribution is -0.149. The van der Waals surface area contributed by atoms with Crippen molar-refractivity contribution in [3.63, 3.8) is 0 Å². The van der Waals surface area contributed by atoms with Gasteiger partial charge in [-0.3, -0.25) is 4.79 Å². The predicted molar refractivity (Wildman–Crippen MR) is 125 cm³/mol. The molecule has 3 atom stereocenters. The van der Waals surface area contributed by atoms with E-state index >= 15 is 0 Å². The molecule has 9 heteroatoms. The number of fused-ring (bicyclic) bond motifs is 3. The topological polar surface area (TPSA) is 123 Å². The Labute approximate surface area is 198 Å². The third kappa shape index (κ3) is 5.73. The van der Waals surface area contributed by atoms with E-state index in [4.69, 9.17) is 19.3 Å². The Morgan fingerprint density at radius 2 is 1.56 bits per heavy atom. The molecule has 1 aliphatic carbocycles. The normalized spacial score (nSPS) is 14.9. The smallest absolute Gasteiger partial charge is 0.407 e. The summed E-state index contributed by atoms with van der Waals surface area (Å²) in [4.78, 5) is 36.3. The molecule has 0 fully saturated rings. The van der Waals surface area contributed by atoms with Crippen molar-refractivity contribution in [3.8, 4) is 11.1 Å². The SMILES string of the molecule is COC(CCNC(=O)[C@@H](NC(=O)OCC1c2ccccc2-c2ccccc21)[C@@H](C)OC)C(=O)O. The van der Waals surface area contributed by atoms with Crippen LogP contribution in [-0.4, -0.2) is 68.7 Å². The highest BCUT2D eigenvalue weighted by Crippen LogP contribution is 2.44. The van der Waals surface area contributed by atoms with Crippen LogP contribution in [0.25, 0.3) is 11.1 Å². The number of amides is 2. The molecule has 1 unspecified atom stereocenters. The molecule has 0 saturated heterocycles. The zero-order valence-electron chi connectivity index (χ0n) is 19.4. The number of alkyl carbamates (subject to hydrolysis) is 1. The van der Waals surface area contributed by atoms with Crippen LogP contribution in [0.4, 0.5) is 4.79 Å². The average molecular weight is 471 g/mol. The fourth-order valence-electron chi connectivity index (χ4n) is 4.08. The van der Waals surface area contributed by atoms with Crippen molar-refractivity contribution in [2.75, 3.05) is 27.4 Å². The summed E-state index contributed by atoms with van der Waals surface area (Å²) in [6.07, 6.45) is -2.34. The van der Waals surface area contributed by atoms with E-state index in [-0.39, 0.29) is 25.5 Å². The number of aliphatic carboxylic acids is 1. The molecule has 0 bridgehead atoms. The van der Waals surface area contributed by atoms with E-state index in [0.29, 0.717) is 0 Å². The predicted octanol–water partition coefficient (Wildman–Crippen LogP) is 2.53. The first-order valence-corrected chi connectivity index (χ1v) is 11.0. The maximum Gasteiger partial charge on any atom is 0.407 e. The molecule has 9 nitrogen and oxygen atoms in total. The van der Waals surface area contributed by atoms with Crippen LogP contribution in [0.1, 0.15) is 30.4 Å². The molecule has 0 aromatic heterocycles. The van der Waals surface area contributed by atoms with Gasteiger partial charge in [0.05, 0.1) is 6.10 Å². The molecule has 182 valence electrons. The Morgan fingerprint density at radius 3 is 2.09 bits per heavy atom. The number of methoxy groups -OCH3 is 2. The standard InChI is InChI=1S/C25H30N2O7/c1-15(32-2)22(23(28)26-13-12-21(33-3)24(29)30)27-25(31)34-14-20-18-10-6-4-8-16(18)17-9-5-7-11-19(17)20/h4-11,15,20-22H,12-14H2,1-3H3,(H,26,28)(H,27,31)(H,29,30)/t15-,21?,22+/m1/s1. The minimum atomic E-state index is -1.12. The second-order valence-corrected chi connectivity index (χ2v) is 8.03. The molecule has 0 radical (unpaired) electrons. The first kappa shape index (κ1) is 25.2. The van der Waals surface area contributed by atoms with E-state index in [9.17, 15) is 14.4 Å². The largest absolute Gasteiger partial charge is 0.479 e. The number of carbonyl (C=O) groups is 3. The van der Waals surface area contributed by atoms with Gasteiger partial charge in [0.1, 0.15) is 12.6 Å². The van der Waals surface area contributed by atoms with Crippen molar-refractivity contribution in [1.82, 2.24) is 10.6 Å². The van der Waals surface area contributed by atoms with E-state index in [1.54, 1.807) is 6.92 Å². The summed E-state index contributed by atoms with van der Waals surface area (Å²) >= 11 is 0. The number of ether oxygens (including phenoxy) is 3. The molecule has 1 aliphatic rings. The summed E-state index contributed by atoms with van der Waals surface area (Å²) in [5.41, 5.74) is 4.41. The molecule has 0 saturated carbocycles. The Kier molecular flexibility index (Phi) is 8.61. The quantitative estimate of drug-likeness (QED) is 0.461. The van der Waals surface area contributed by atoms with Gasteiger partial charge in [-0.25, -0.2) is 9.59 Å². The maximum absolute atomic E-state index is 12.7. The molecule has 0 heterocycles. The summed E-state index contributed by atoms with van der Waals surface area (Å²) in [6, 6.07) is 15.0. The van der Waals surface area contributed by atoms with Crippen molar-refractivity contribution in [1.29, 1.82) is 0 Å². The summed E-state index contributed by atoms with van der Waals surface area (Å²) in [7, 11) is 2.71. The van der Waals surface area contributed by atoms with Crippen LogP contribution in [0.5, 0.6) is 0 Å². The molecule has 3 rings (SSSR count). The molecule has 3 N–H and O–H groups in total. The first-order valence-electron chi connectivity index (χ1n) is 11.0. The fourth-order valence-corrected chi connectivity index (χ4v) is 4.08. The third-order valence-corrected chi connectivity index (χ3v) is 6.01. The Morgan fingerprint density at radius 1 is 0.971 bits per heavy atom. The number of carbonyl (C=O) groups excluding carboxylic acids is 2. The number of carboxylic acids is 1. The Hall–Kier alpha value is -3.43. The monoisotopic (exact) mass is 470 g/mol. The molecule has 2 aromatic rings. The molecule has 34 heavy (non-hydrogen) atoms. The zero-order chi connectivity index (χ0) is 24.7. The van der Waals surface area contributed by atoms with Crippen LogP contribution in [0, 0.1) is 0 Å². The van der Waals surface area contributed by atoms with E-state index in [1.807, 2.05) is 48.5 Å². The third-order valence-electron chi connectivity index (χ3n) is 6.01. The van der Waals surface area contributed by atoms with Gasteiger partial charge in [-0.05, 0) is 29.2 Å². The molecule has 0 aliphatic heterocycles. The van der Waals surface area contributed by atoms with Crippen LogP contribution >= 0.6 is 0 Å². The van der Waals surface area contributed by atoms with Crippen LogP contribution in [0.2, 0.25) is 0 Å². The Balaban J connectivity index is 1.60.